The first-order chi connectivity index (χ1) is 9.13. The number of hydrogen-bond acceptors (Lipinski definition) is 5. The SMILES string of the molecule is C[C@@H]1[C@H](C)[C@@H](CO)O[C@H]1n1cnc2c(=O)[nH]cnc21. The number of aromatic nitrogens is 4. The lowest BCUT2D eigenvalue weighted by Gasteiger charge is -2.17. The van der Waals surface area contributed by atoms with Crippen LogP contribution in [0.15, 0.2) is 17.4 Å². The van der Waals surface area contributed by atoms with E-state index in [1.165, 1.54) is 6.33 Å². The van der Waals surface area contributed by atoms with E-state index < -0.39 is 0 Å². The van der Waals surface area contributed by atoms with E-state index in [0.29, 0.717) is 11.2 Å². The van der Waals surface area contributed by atoms with Crippen molar-refractivity contribution in [2.24, 2.45) is 11.8 Å². The largest absolute Gasteiger partial charge is 0.394 e. The minimum atomic E-state index is -0.263. The molecule has 2 aromatic heterocycles. The van der Waals surface area contributed by atoms with Crippen LogP contribution in [0.4, 0.5) is 0 Å². The number of aromatic amines is 1. The number of nitrogens with one attached hydrogen (secondary N) is 1. The minimum absolute atomic E-state index is 0.0113. The quantitative estimate of drug-likeness (QED) is 0.812. The van der Waals surface area contributed by atoms with Crippen molar-refractivity contribution in [2.45, 2.75) is 26.2 Å². The number of fused-ring (bicyclic) bond motifs is 1. The third kappa shape index (κ3) is 1.77. The highest BCUT2D eigenvalue weighted by Crippen LogP contribution is 2.39. The zero-order valence-electron chi connectivity index (χ0n) is 10.8. The topological polar surface area (TPSA) is 93.0 Å². The number of aliphatic hydroxyl groups excluding tert-OH is 1. The first-order valence-corrected chi connectivity index (χ1v) is 6.30. The molecule has 2 aromatic rings. The van der Waals surface area contributed by atoms with Crippen LogP contribution in [0.25, 0.3) is 11.2 Å². The summed E-state index contributed by atoms with van der Waals surface area (Å²) < 4.78 is 7.61. The van der Waals surface area contributed by atoms with E-state index in [1.807, 2.05) is 6.92 Å². The molecule has 4 atom stereocenters. The maximum Gasteiger partial charge on any atom is 0.278 e. The molecule has 2 N–H and O–H groups in total. The predicted molar refractivity (Wildman–Crippen MR) is 67.5 cm³/mol. The molecule has 0 saturated carbocycles. The summed E-state index contributed by atoms with van der Waals surface area (Å²) in [6, 6.07) is 0. The molecule has 0 radical (unpaired) electrons. The predicted octanol–water partition coefficient (Wildman–Crippen LogP) is 0.281. The summed E-state index contributed by atoms with van der Waals surface area (Å²) in [7, 11) is 0. The molecule has 0 aliphatic carbocycles. The van der Waals surface area contributed by atoms with E-state index in [9.17, 15) is 9.90 Å². The van der Waals surface area contributed by atoms with Gasteiger partial charge in [-0.2, -0.15) is 0 Å². The average Bonchev–Trinajstić information content (AvgIpc) is 2.94. The van der Waals surface area contributed by atoms with Crippen LogP contribution in [0.2, 0.25) is 0 Å². The van der Waals surface area contributed by atoms with Crippen molar-refractivity contribution in [1.82, 2.24) is 19.5 Å². The molecule has 1 fully saturated rings. The molecule has 102 valence electrons. The monoisotopic (exact) mass is 264 g/mol. The molecule has 0 spiro atoms. The van der Waals surface area contributed by atoms with Gasteiger partial charge in [0.15, 0.2) is 11.2 Å². The second-order valence-corrected chi connectivity index (χ2v) is 5.02. The van der Waals surface area contributed by atoms with Crippen LogP contribution in [0.1, 0.15) is 20.1 Å². The fraction of sp³-hybridized carbons (Fsp3) is 0.583. The summed E-state index contributed by atoms with van der Waals surface area (Å²) in [5.41, 5.74) is 0.547. The number of hydrogen-bond donors (Lipinski definition) is 2. The summed E-state index contributed by atoms with van der Waals surface area (Å²) in [4.78, 5) is 22.4. The summed E-state index contributed by atoms with van der Waals surface area (Å²) in [5.74, 6) is 0.435. The molecule has 0 aromatic carbocycles. The summed E-state index contributed by atoms with van der Waals surface area (Å²) in [6.45, 7) is 4.09. The molecule has 19 heavy (non-hydrogen) atoms. The lowest BCUT2D eigenvalue weighted by Crippen LogP contribution is -2.19. The van der Waals surface area contributed by atoms with Gasteiger partial charge in [-0.3, -0.25) is 9.36 Å². The van der Waals surface area contributed by atoms with Gasteiger partial charge in [0.05, 0.1) is 25.4 Å². The van der Waals surface area contributed by atoms with Crippen molar-refractivity contribution in [3.8, 4) is 0 Å². The summed E-state index contributed by atoms with van der Waals surface area (Å²) in [6.07, 6.45) is 2.47. The summed E-state index contributed by atoms with van der Waals surface area (Å²) in [5, 5.41) is 9.31. The van der Waals surface area contributed by atoms with E-state index in [0.717, 1.165) is 0 Å². The zero-order valence-corrected chi connectivity index (χ0v) is 10.8. The van der Waals surface area contributed by atoms with Gasteiger partial charge in [-0.25, -0.2) is 9.97 Å². The third-order valence-corrected chi connectivity index (χ3v) is 4.00. The van der Waals surface area contributed by atoms with Crippen molar-refractivity contribution in [1.29, 1.82) is 0 Å². The van der Waals surface area contributed by atoms with Crippen LogP contribution in [-0.2, 0) is 4.74 Å². The highest BCUT2D eigenvalue weighted by atomic mass is 16.5. The highest BCUT2D eigenvalue weighted by molar-refractivity contribution is 5.68. The van der Waals surface area contributed by atoms with Crippen LogP contribution >= 0.6 is 0 Å². The average molecular weight is 264 g/mol. The van der Waals surface area contributed by atoms with Crippen LogP contribution in [0, 0.1) is 11.8 Å². The Bertz CT molecular complexity index is 650. The van der Waals surface area contributed by atoms with Crippen LogP contribution in [0.3, 0.4) is 0 Å². The van der Waals surface area contributed by atoms with Crippen molar-refractivity contribution < 1.29 is 9.84 Å². The Kier molecular flexibility index (Phi) is 2.87. The Morgan fingerprint density at radius 3 is 2.89 bits per heavy atom. The molecule has 0 amide bonds. The number of imidazole rings is 1. The van der Waals surface area contributed by atoms with E-state index in [-0.39, 0.29) is 36.3 Å². The Hall–Kier alpha value is -1.73. The third-order valence-electron chi connectivity index (χ3n) is 4.00. The molecule has 7 heteroatoms. The van der Waals surface area contributed by atoms with Crippen LogP contribution in [0.5, 0.6) is 0 Å². The van der Waals surface area contributed by atoms with Gasteiger partial charge in [-0.05, 0) is 5.92 Å². The smallest absolute Gasteiger partial charge is 0.278 e. The Balaban J connectivity index is 2.06. The highest BCUT2D eigenvalue weighted by Gasteiger charge is 2.40. The van der Waals surface area contributed by atoms with Gasteiger partial charge in [0.1, 0.15) is 6.23 Å². The van der Waals surface area contributed by atoms with Crippen molar-refractivity contribution in [3.05, 3.63) is 23.0 Å². The second-order valence-electron chi connectivity index (χ2n) is 5.02. The molecule has 1 saturated heterocycles. The maximum absolute atomic E-state index is 11.6. The van der Waals surface area contributed by atoms with Gasteiger partial charge in [-0.1, -0.05) is 13.8 Å². The number of ether oxygens (including phenoxy) is 1. The summed E-state index contributed by atoms with van der Waals surface area (Å²) >= 11 is 0. The lowest BCUT2D eigenvalue weighted by molar-refractivity contribution is -0.0336. The molecular formula is C12H16N4O3. The number of H-pyrrole nitrogens is 1. The van der Waals surface area contributed by atoms with Gasteiger partial charge in [0.2, 0.25) is 0 Å². The minimum Gasteiger partial charge on any atom is -0.394 e. The number of rotatable bonds is 2. The fourth-order valence-corrected chi connectivity index (χ4v) is 2.60. The molecule has 3 rings (SSSR count). The molecule has 1 aliphatic heterocycles. The zero-order chi connectivity index (χ0) is 13.6. The van der Waals surface area contributed by atoms with Crippen LogP contribution < -0.4 is 5.56 Å². The van der Waals surface area contributed by atoms with Gasteiger partial charge in [-0.15, -0.1) is 0 Å². The van der Waals surface area contributed by atoms with E-state index >= 15 is 0 Å². The maximum atomic E-state index is 11.6. The van der Waals surface area contributed by atoms with E-state index in [1.54, 1.807) is 10.9 Å². The normalized spacial score (nSPS) is 31.1. The Morgan fingerprint density at radius 2 is 2.21 bits per heavy atom. The van der Waals surface area contributed by atoms with Crippen molar-refractivity contribution in [3.63, 3.8) is 0 Å². The fourth-order valence-electron chi connectivity index (χ4n) is 2.60. The van der Waals surface area contributed by atoms with Gasteiger partial charge in [0.25, 0.3) is 5.56 Å². The second kappa shape index (κ2) is 4.43. The van der Waals surface area contributed by atoms with Crippen molar-refractivity contribution in [2.75, 3.05) is 6.61 Å². The van der Waals surface area contributed by atoms with E-state index in [4.69, 9.17) is 4.74 Å². The molecular weight excluding hydrogens is 248 g/mol. The Morgan fingerprint density at radius 1 is 1.42 bits per heavy atom. The standard InChI is InChI=1S/C12H16N4O3/c1-6-7(2)12(19-8(6)3-17)16-5-15-9-10(16)13-4-14-11(9)18/h4-8,12,17H,3H2,1-2H3,(H,13,14,18)/t6-,7+,8+,12+/m0/s1. The number of nitrogens with zero attached hydrogens (tertiary/aromatic N) is 3. The molecule has 0 unspecified atom stereocenters. The number of aliphatic hydroxyl groups is 1. The van der Waals surface area contributed by atoms with Gasteiger partial charge in [0, 0.05) is 5.92 Å². The first kappa shape index (κ1) is 12.3. The van der Waals surface area contributed by atoms with Gasteiger partial charge < -0.3 is 14.8 Å². The first-order valence-electron chi connectivity index (χ1n) is 6.30. The van der Waals surface area contributed by atoms with Gasteiger partial charge >= 0.3 is 0 Å². The Labute approximate surface area is 109 Å². The lowest BCUT2D eigenvalue weighted by atomic mass is 9.93. The molecule has 1 aliphatic rings. The molecule has 3 heterocycles. The molecule has 7 nitrogen and oxygen atoms in total. The van der Waals surface area contributed by atoms with Crippen molar-refractivity contribution >= 4 is 11.2 Å². The molecule has 0 bridgehead atoms. The van der Waals surface area contributed by atoms with E-state index in [2.05, 4.69) is 21.9 Å². The van der Waals surface area contributed by atoms with Crippen LogP contribution in [-0.4, -0.2) is 37.3 Å².